The molecule has 3 aromatic heterocycles. The molecule has 0 atom stereocenters. The molecule has 6 heteroatoms. The molecule has 0 saturated heterocycles. The van der Waals surface area contributed by atoms with E-state index in [1.54, 1.807) is 29.8 Å². The third-order valence-corrected chi connectivity index (χ3v) is 5.21. The van der Waals surface area contributed by atoms with Crippen molar-refractivity contribution in [2.45, 2.75) is 13.8 Å². The Hall–Kier alpha value is -4.06. The van der Waals surface area contributed by atoms with Crippen LogP contribution in [0, 0.1) is 6.92 Å². The number of imidazole rings is 1. The van der Waals surface area contributed by atoms with Gasteiger partial charge in [0.1, 0.15) is 6.33 Å². The average Bonchev–Trinajstić information content (AvgIpc) is 3.17. The van der Waals surface area contributed by atoms with Crippen molar-refractivity contribution >= 4 is 38.7 Å². The Kier molecular flexibility index (Phi) is 4.06. The molecule has 5 rings (SSSR count). The molecular weight excluding hydrogens is 376 g/mol. The van der Waals surface area contributed by atoms with Crippen LogP contribution in [0.1, 0.15) is 17.3 Å². The average molecular weight is 394 g/mol. The molecule has 30 heavy (non-hydrogen) atoms. The van der Waals surface area contributed by atoms with Crippen molar-refractivity contribution in [3.05, 3.63) is 89.1 Å². The number of benzene rings is 2. The molecule has 0 aliphatic carbocycles. The first-order valence-corrected chi connectivity index (χ1v) is 9.62. The first kappa shape index (κ1) is 18.0. The van der Waals surface area contributed by atoms with Gasteiger partial charge in [0.2, 0.25) is 0 Å². The standard InChI is InChI=1S/C24H18N4O2/c1-3-4-22(29)27-14-26-20-9-7-17(12-21(20)27)28-23(30)10-6-16-13-25-19-8-5-15(2)11-18(19)24(16)28/h3-14H,1-2H3/b4-3-. The fourth-order valence-electron chi connectivity index (χ4n) is 3.82. The number of hydrogen-bond donors (Lipinski definition) is 0. The summed E-state index contributed by atoms with van der Waals surface area (Å²) in [7, 11) is 0. The van der Waals surface area contributed by atoms with Gasteiger partial charge in [-0.15, -0.1) is 0 Å². The van der Waals surface area contributed by atoms with Gasteiger partial charge in [-0.1, -0.05) is 17.7 Å². The van der Waals surface area contributed by atoms with Crippen molar-refractivity contribution in [3.63, 3.8) is 0 Å². The van der Waals surface area contributed by atoms with Gasteiger partial charge >= 0.3 is 0 Å². The fraction of sp³-hybridized carbons (Fsp3) is 0.0833. The summed E-state index contributed by atoms with van der Waals surface area (Å²) in [6, 6.07) is 14.8. The van der Waals surface area contributed by atoms with E-state index in [9.17, 15) is 9.59 Å². The molecule has 2 aromatic carbocycles. The quantitative estimate of drug-likeness (QED) is 0.328. The number of carbonyl (C=O) groups excluding carboxylic acids is 1. The number of hydrogen-bond acceptors (Lipinski definition) is 4. The van der Waals surface area contributed by atoms with E-state index in [4.69, 9.17) is 0 Å². The van der Waals surface area contributed by atoms with Crippen molar-refractivity contribution in [1.82, 2.24) is 19.1 Å². The van der Waals surface area contributed by atoms with E-state index in [0.717, 1.165) is 27.4 Å². The Labute approximate surface area is 171 Å². The van der Waals surface area contributed by atoms with Crippen molar-refractivity contribution < 1.29 is 4.79 Å². The Bertz CT molecular complexity index is 1560. The van der Waals surface area contributed by atoms with Crippen LogP contribution in [0.25, 0.3) is 38.5 Å². The van der Waals surface area contributed by atoms with E-state index < -0.39 is 0 Å². The van der Waals surface area contributed by atoms with Gasteiger partial charge in [-0.25, -0.2) is 4.98 Å². The molecule has 0 spiro atoms. The maximum absolute atomic E-state index is 13.0. The van der Waals surface area contributed by atoms with Crippen LogP contribution in [0.2, 0.25) is 0 Å². The first-order chi connectivity index (χ1) is 14.6. The lowest BCUT2D eigenvalue weighted by atomic mass is 10.1. The molecule has 5 aromatic rings. The normalized spacial score (nSPS) is 11.8. The molecule has 146 valence electrons. The van der Waals surface area contributed by atoms with Crippen LogP contribution in [0.4, 0.5) is 0 Å². The highest BCUT2D eigenvalue weighted by atomic mass is 16.2. The van der Waals surface area contributed by atoms with E-state index >= 15 is 0 Å². The summed E-state index contributed by atoms with van der Waals surface area (Å²) < 4.78 is 3.16. The lowest BCUT2D eigenvalue weighted by Gasteiger charge is -2.13. The predicted molar refractivity (Wildman–Crippen MR) is 118 cm³/mol. The van der Waals surface area contributed by atoms with Gasteiger partial charge in [-0.2, -0.15) is 0 Å². The summed E-state index contributed by atoms with van der Waals surface area (Å²) in [4.78, 5) is 34.3. The second-order valence-electron chi connectivity index (χ2n) is 7.22. The lowest BCUT2D eigenvalue weighted by Crippen LogP contribution is -2.18. The number of rotatable bonds is 2. The highest BCUT2D eigenvalue weighted by Crippen LogP contribution is 2.27. The van der Waals surface area contributed by atoms with E-state index in [1.165, 1.54) is 23.0 Å². The number of allylic oxidation sites excluding steroid dienone is 2. The number of aryl methyl sites for hydroxylation is 1. The van der Waals surface area contributed by atoms with Crippen LogP contribution in [0.3, 0.4) is 0 Å². The van der Waals surface area contributed by atoms with Gasteiger partial charge in [0.15, 0.2) is 0 Å². The number of aromatic nitrogens is 4. The summed E-state index contributed by atoms with van der Waals surface area (Å²) in [5.74, 6) is -0.187. The Morgan fingerprint density at radius 2 is 1.83 bits per heavy atom. The third kappa shape index (κ3) is 2.73. The summed E-state index contributed by atoms with van der Waals surface area (Å²) >= 11 is 0. The van der Waals surface area contributed by atoms with Gasteiger partial charge < -0.3 is 0 Å². The predicted octanol–water partition coefficient (Wildman–Crippen LogP) is 4.41. The Morgan fingerprint density at radius 3 is 2.67 bits per heavy atom. The van der Waals surface area contributed by atoms with E-state index in [1.807, 2.05) is 43.3 Å². The number of fused-ring (bicyclic) bond motifs is 4. The van der Waals surface area contributed by atoms with Gasteiger partial charge in [0, 0.05) is 23.0 Å². The van der Waals surface area contributed by atoms with Gasteiger partial charge in [-0.05, 0) is 56.3 Å². The zero-order chi connectivity index (χ0) is 20.8. The molecule has 0 radical (unpaired) electrons. The summed E-state index contributed by atoms with van der Waals surface area (Å²) in [5, 5.41) is 1.77. The maximum atomic E-state index is 13.0. The number of pyridine rings is 2. The minimum Gasteiger partial charge on any atom is -0.276 e. The van der Waals surface area contributed by atoms with Crippen molar-refractivity contribution in [3.8, 4) is 5.69 Å². The molecule has 0 amide bonds. The van der Waals surface area contributed by atoms with Crippen LogP contribution in [0.15, 0.2) is 78.0 Å². The summed E-state index contributed by atoms with van der Waals surface area (Å²) in [6.45, 7) is 3.81. The maximum Gasteiger partial charge on any atom is 0.256 e. The van der Waals surface area contributed by atoms with Crippen molar-refractivity contribution in [1.29, 1.82) is 0 Å². The van der Waals surface area contributed by atoms with Gasteiger partial charge in [-0.3, -0.25) is 23.7 Å². The SMILES string of the molecule is C/C=C\C(=O)n1cnc2ccc(-n3c(=O)ccc4cnc5ccc(C)cc5c43)cc21. The summed E-state index contributed by atoms with van der Waals surface area (Å²) in [5.41, 5.74) is 4.55. The van der Waals surface area contributed by atoms with Crippen LogP contribution in [0.5, 0.6) is 0 Å². The fourth-order valence-corrected chi connectivity index (χ4v) is 3.82. The molecular formula is C24H18N4O2. The molecule has 0 bridgehead atoms. The molecule has 0 fully saturated rings. The smallest absolute Gasteiger partial charge is 0.256 e. The van der Waals surface area contributed by atoms with E-state index in [0.29, 0.717) is 16.7 Å². The second kappa shape index (κ2) is 6.77. The highest BCUT2D eigenvalue weighted by molar-refractivity contribution is 6.04. The molecule has 3 heterocycles. The lowest BCUT2D eigenvalue weighted by molar-refractivity contribution is 0.0973. The largest absolute Gasteiger partial charge is 0.276 e. The van der Waals surface area contributed by atoms with Crippen LogP contribution < -0.4 is 5.56 Å². The molecule has 0 saturated carbocycles. The second-order valence-corrected chi connectivity index (χ2v) is 7.22. The Balaban J connectivity index is 1.87. The first-order valence-electron chi connectivity index (χ1n) is 9.62. The van der Waals surface area contributed by atoms with Gasteiger partial charge in [0.25, 0.3) is 11.5 Å². The Morgan fingerprint density at radius 1 is 1.00 bits per heavy atom. The number of carbonyl (C=O) groups is 1. The van der Waals surface area contributed by atoms with Crippen LogP contribution >= 0.6 is 0 Å². The van der Waals surface area contributed by atoms with Gasteiger partial charge in [0.05, 0.1) is 27.8 Å². The highest BCUT2D eigenvalue weighted by Gasteiger charge is 2.13. The monoisotopic (exact) mass is 394 g/mol. The molecule has 0 aliphatic rings. The molecule has 0 N–H and O–H groups in total. The topological polar surface area (TPSA) is 69.8 Å². The van der Waals surface area contributed by atoms with Crippen LogP contribution in [-0.4, -0.2) is 25.0 Å². The molecule has 0 unspecified atom stereocenters. The summed E-state index contributed by atoms with van der Waals surface area (Å²) in [6.07, 6.45) is 6.46. The zero-order valence-corrected chi connectivity index (χ0v) is 16.5. The van der Waals surface area contributed by atoms with E-state index in [2.05, 4.69) is 9.97 Å². The van der Waals surface area contributed by atoms with Crippen molar-refractivity contribution in [2.75, 3.05) is 0 Å². The van der Waals surface area contributed by atoms with Crippen molar-refractivity contribution in [2.24, 2.45) is 0 Å². The van der Waals surface area contributed by atoms with E-state index in [-0.39, 0.29) is 11.5 Å². The molecule has 6 nitrogen and oxygen atoms in total. The number of nitrogens with zero attached hydrogens (tertiary/aromatic N) is 4. The molecule has 0 aliphatic heterocycles. The van der Waals surface area contributed by atoms with Crippen LogP contribution in [-0.2, 0) is 0 Å². The zero-order valence-electron chi connectivity index (χ0n) is 16.5. The third-order valence-electron chi connectivity index (χ3n) is 5.21. The minimum absolute atomic E-state index is 0.151. The minimum atomic E-state index is -0.187.